The zero-order valence-corrected chi connectivity index (χ0v) is 11.9. The third-order valence-corrected chi connectivity index (χ3v) is 3.82. The summed E-state index contributed by atoms with van der Waals surface area (Å²) in [4.78, 5) is 37.0. The number of esters is 1. The molecule has 7 heteroatoms. The highest BCUT2D eigenvalue weighted by Crippen LogP contribution is 2.29. The summed E-state index contributed by atoms with van der Waals surface area (Å²) in [5.41, 5.74) is 0.302. The predicted octanol–water partition coefficient (Wildman–Crippen LogP) is 2.03. The number of carbonyl (C=O) groups is 2. The molecule has 21 heavy (non-hydrogen) atoms. The number of dihydropyridines is 1. The van der Waals surface area contributed by atoms with Crippen LogP contribution in [0.15, 0.2) is 16.8 Å². The van der Waals surface area contributed by atoms with Crippen molar-refractivity contribution in [3.63, 3.8) is 0 Å². The molecule has 2 rings (SSSR count). The van der Waals surface area contributed by atoms with Gasteiger partial charge in [0.05, 0.1) is 0 Å². The molecule has 1 unspecified atom stereocenters. The molecule has 0 aromatic heterocycles. The molecule has 1 saturated carbocycles. The topological polar surface area (TPSA) is 98.9 Å². The standard InChI is InChI=1S/C14H18N2O5/c1-9-8-11(13(16(19)20)14(18)15-9)21-12(17)7-6-10-4-2-3-5-10/h8,10,13H,2-7H2,1H3. The Kier molecular flexibility index (Phi) is 4.82. The van der Waals surface area contributed by atoms with Gasteiger partial charge in [-0.1, -0.05) is 25.7 Å². The fourth-order valence-electron chi connectivity index (χ4n) is 2.76. The van der Waals surface area contributed by atoms with Crippen LogP contribution >= 0.6 is 0 Å². The first-order valence-electron chi connectivity index (χ1n) is 7.12. The molecule has 0 radical (unpaired) electrons. The van der Waals surface area contributed by atoms with Crippen LogP contribution in [0.2, 0.25) is 0 Å². The first-order valence-corrected chi connectivity index (χ1v) is 7.12. The van der Waals surface area contributed by atoms with Gasteiger partial charge >= 0.3 is 17.9 Å². The van der Waals surface area contributed by atoms with Crippen LogP contribution in [0, 0.1) is 16.0 Å². The van der Waals surface area contributed by atoms with E-state index >= 15 is 0 Å². The lowest BCUT2D eigenvalue weighted by atomic mass is 10.0. The van der Waals surface area contributed by atoms with E-state index in [1.165, 1.54) is 25.8 Å². The summed E-state index contributed by atoms with van der Waals surface area (Å²) in [5.74, 6) is -1.12. The number of rotatable bonds is 5. The van der Waals surface area contributed by atoms with Crippen LogP contribution in [0.5, 0.6) is 0 Å². The molecule has 114 valence electrons. The Morgan fingerprint density at radius 1 is 1.48 bits per heavy atom. The van der Waals surface area contributed by atoms with Crippen LogP contribution in [-0.2, 0) is 14.3 Å². The molecule has 0 aromatic carbocycles. The number of allylic oxidation sites excluding steroid dienone is 1. The van der Waals surface area contributed by atoms with Gasteiger partial charge in [-0.25, -0.2) is 4.99 Å². The molecule has 1 aliphatic carbocycles. The maximum atomic E-state index is 11.8. The summed E-state index contributed by atoms with van der Waals surface area (Å²) in [6, 6.07) is -1.70. The third kappa shape index (κ3) is 3.96. The lowest BCUT2D eigenvalue weighted by molar-refractivity contribution is -0.501. The van der Waals surface area contributed by atoms with E-state index < -0.39 is 22.8 Å². The van der Waals surface area contributed by atoms with Crippen LogP contribution < -0.4 is 0 Å². The summed E-state index contributed by atoms with van der Waals surface area (Å²) in [5, 5.41) is 10.9. The fraction of sp³-hybridized carbons (Fsp3) is 0.643. The highest BCUT2D eigenvalue weighted by Gasteiger charge is 2.39. The Hall–Kier alpha value is -2.05. The summed E-state index contributed by atoms with van der Waals surface area (Å²) >= 11 is 0. The molecule has 1 aliphatic heterocycles. The average molecular weight is 294 g/mol. The Labute approximate surface area is 122 Å². The molecule has 1 fully saturated rings. The second-order valence-electron chi connectivity index (χ2n) is 5.49. The minimum atomic E-state index is -1.70. The van der Waals surface area contributed by atoms with Gasteiger partial charge in [0.25, 0.3) is 0 Å². The largest absolute Gasteiger partial charge is 0.423 e. The number of nitrogens with zero attached hydrogens (tertiary/aromatic N) is 2. The van der Waals surface area contributed by atoms with Crippen molar-refractivity contribution in [3.05, 3.63) is 21.9 Å². The van der Waals surface area contributed by atoms with Crippen molar-refractivity contribution >= 4 is 17.6 Å². The van der Waals surface area contributed by atoms with Gasteiger partial charge in [-0.2, -0.15) is 0 Å². The van der Waals surface area contributed by atoms with E-state index in [2.05, 4.69) is 4.99 Å². The highest BCUT2D eigenvalue weighted by molar-refractivity contribution is 6.06. The van der Waals surface area contributed by atoms with Gasteiger partial charge in [-0.3, -0.25) is 19.7 Å². The summed E-state index contributed by atoms with van der Waals surface area (Å²) in [7, 11) is 0. The highest BCUT2D eigenvalue weighted by atomic mass is 16.6. The van der Waals surface area contributed by atoms with Crippen molar-refractivity contribution in [2.75, 3.05) is 0 Å². The fourth-order valence-corrected chi connectivity index (χ4v) is 2.76. The molecule has 0 N–H and O–H groups in total. The number of amides is 1. The van der Waals surface area contributed by atoms with E-state index in [1.807, 2.05) is 0 Å². The first-order chi connectivity index (χ1) is 9.97. The van der Waals surface area contributed by atoms with Crippen LogP contribution in [0.1, 0.15) is 45.4 Å². The molecule has 1 heterocycles. The van der Waals surface area contributed by atoms with E-state index in [9.17, 15) is 19.7 Å². The molecule has 1 atom stereocenters. The van der Waals surface area contributed by atoms with Crippen molar-refractivity contribution in [1.82, 2.24) is 0 Å². The molecule has 7 nitrogen and oxygen atoms in total. The Morgan fingerprint density at radius 3 is 2.76 bits per heavy atom. The molecular weight excluding hydrogens is 276 g/mol. The van der Waals surface area contributed by atoms with E-state index in [1.54, 1.807) is 0 Å². The number of hydrogen-bond acceptors (Lipinski definition) is 5. The van der Waals surface area contributed by atoms with Crippen molar-refractivity contribution in [2.45, 2.75) is 51.5 Å². The number of nitro groups is 1. The van der Waals surface area contributed by atoms with E-state index in [0.717, 1.165) is 19.3 Å². The smallest absolute Gasteiger partial charge is 0.348 e. The zero-order valence-electron chi connectivity index (χ0n) is 11.9. The van der Waals surface area contributed by atoms with Gasteiger partial charge in [-0.05, 0) is 19.3 Å². The number of ether oxygens (including phenoxy) is 1. The van der Waals surface area contributed by atoms with E-state index in [-0.39, 0.29) is 12.2 Å². The van der Waals surface area contributed by atoms with Gasteiger partial charge in [0.2, 0.25) is 0 Å². The summed E-state index contributed by atoms with van der Waals surface area (Å²) in [6.07, 6.45) is 6.86. The average Bonchev–Trinajstić information content (AvgIpc) is 2.87. The summed E-state index contributed by atoms with van der Waals surface area (Å²) in [6.45, 7) is 1.53. The van der Waals surface area contributed by atoms with E-state index in [0.29, 0.717) is 11.6 Å². The molecule has 0 saturated heterocycles. The Balaban J connectivity index is 1.95. The second-order valence-corrected chi connectivity index (χ2v) is 5.49. The van der Waals surface area contributed by atoms with Crippen LogP contribution in [0.3, 0.4) is 0 Å². The summed E-state index contributed by atoms with van der Waals surface area (Å²) < 4.78 is 5.04. The minimum Gasteiger partial charge on any atom is -0.423 e. The number of carbonyl (C=O) groups excluding carboxylic acids is 2. The van der Waals surface area contributed by atoms with Gasteiger partial charge in [0.1, 0.15) is 0 Å². The number of aliphatic imine (C=N–C) groups is 1. The lowest BCUT2D eigenvalue weighted by Crippen LogP contribution is -2.35. The van der Waals surface area contributed by atoms with Gasteiger partial charge < -0.3 is 4.74 Å². The second kappa shape index (κ2) is 6.60. The maximum Gasteiger partial charge on any atom is 0.348 e. The molecule has 0 bridgehead atoms. The quantitative estimate of drug-likeness (QED) is 0.439. The lowest BCUT2D eigenvalue weighted by Gasteiger charge is -2.15. The van der Waals surface area contributed by atoms with Crippen LogP contribution in [0.25, 0.3) is 0 Å². The van der Waals surface area contributed by atoms with Crippen molar-refractivity contribution in [3.8, 4) is 0 Å². The van der Waals surface area contributed by atoms with Gasteiger partial charge in [0.15, 0.2) is 5.76 Å². The molecule has 0 aromatic rings. The zero-order chi connectivity index (χ0) is 15.4. The Morgan fingerprint density at radius 2 is 2.14 bits per heavy atom. The molecule has 2 aliphatic rings. The van der Waals surface area contributed by atoms with E-state index in [4.69, 9.17) is 4.74 Å². The number of hydrogen-bond donors (Lipinski definition) is 0. The third-order valence-electron chi connectivity index (χ3n) is 3.82. The monoisotopic (exact) mass is 294 g/mol. The Bertz CT molecular complexity index is 517. The molecule has 1 amide bonds. The first kappa shape index (κ1) is 15.3. The molecular formula is C14H18N2O5. The van der Waals surface area contributed by atoms with Gasteiger partial charge in [-0.15, -0.1) is 0 Å². The predicted molar refractivity (Wildman–Crippen MR) is 74.3 cm³/mol. The normalized spacial score (nSPS) is 22.7. The van der Waals surface area contributed by atoms with Gasteiger partial charge in [0, 0.05) is 23.1 Å². The van der Waals surface area contributed by atoms with Crippen molar-refractivity contribution < 1.29 is 19.2 Å². The van der Waals surface area contributed by atoms with Crippen LogP contribution in [-0.4, -0.2) is 28.6 Å². The molecule has 0 spiro atoms. The minimum absolute atomic E-state index is 0.219. The van der Waals surface area contributed by atoms with Crippen molar-refractivity contribution in [1.29, 1.82) is 0 Å². The SMILES string of the molecule is CC1=NC(=O)C([N+](=O)[O-])C(OC(=O)CCC2CCCC2)=C1. The maximum absolute atomic E-state index is 11.8. The van der Waals surface area contributed by atoms with Crippen molar-refractivity contribution in [2.24, 2.45) is 10.9 Å². The van der Waals surface area contributed by atoms with Crippen LogP contribution in [0.4, 0.5) is 0 Å².